The average molecular weight is 1340 g/mol. The van der Waals surface area contributed by atoms with E-state index in [1.54, 1.807) is 104 Å². The SMILES string of the molecule is CN(C(=O)OC(C)(C)C)[C@@H]1[C@@H](O)[C@@H](O[C@@H]2[C@@H](O)[C@H](O[C@H]3OC(CNC(=O)OCc4ccc([N+](=O)[O-])cc4)=CC[C@H]3NC(=O)C(CCCNC(=O)OC(C)(C)C)NC(=O)OC(C)(C)C)[C@@H](NC(=O)OC(C)(C)C)C[C@H]2NC(=O)[C@@H](O)CCNC(=O)OC(C)(C)C)OC[C@]1(C)O. The van der Waals surface area contributed by atoms with Crippen LogP contribution in [-0.4, -0.2) is 219 Å². The van der Waals surface area contributed by atoms with Gasteiger partial charge >= 0.3 is 36.6 Å². The fraction of sp³-hybridized carbons (Fsp3) is 0.738. The number of carbonyl (C=O) groups excluding carboxylic acids is 8. The number of non-ortho nitro benzene ring substituents is 1. The first-order valence-electron chi connectivity index (χ1n) is 30.9. The lowest BCUT2D eigenvalue weighted by Gasteiger charge is -2.50. The Kier molecular flexibility index (Phi) is 27.9. The average Bonchev–Trinajstić information content (AvgIpc) is 0.771. The molecule has 1 aromatic carbocycles. The Morgan fingerprint density at radius 1 is 0.660 bits per heavy atom. The van der Waals surface area contributed by atoms with Crippen LogP contribution in [0.3, 0.4) is 0 Å². The molecule has 8 amide bonds. The van der Waals surface area contributed by atoms with Gasteiger partial charge in [0.05, 0.1) is 42.2 Å². The molecular formula is C61H99N9O24. The summed E-state index contributed by atoms with van der Waals surface area (Å²) < 4.78 is 58.1. The molecule has 0 spiro atoms. The molecule has 2 fully saturated rings. The van der Waals surface area contributed by atoms with E-state index in [-0.39, 0.29) is 56.8 Å². The molecule has 2 heterocycles. The summed E-state index contributed by atoms with van der Waals surface area (Å²) in [5.41, 5.74) is -6.62. The number of nitro groups is 1. The van der Waals surface area contributed by atoms with Gasteiger partial charge in [-0.2, -0.15) is 0 Å². The number of rotatable bonds is 23. The van der Waals surface area contributed by atoms with Crippen molar-refractivity contribution < 1.29 is 111 Å². The van der Waals surface area contributed by atoms with Gasteiger partial charge in [0.25, 0.3) is 5.69 Å². The van der Waals surface area contributed by atoms with E-state index in [9.17, 15) is 68.9 Å². The molecule has 1 saturated carbocycles. The highest BCUT2D eigenvalue weighted by molar-refractivity contribution is 5.86. The fourth-order valence-electron chi connectivity index (χ4n) is 9.70. The molecule has 0 aromatic heterocycles. The molecule has 94 heavy (non-hydrogen) atoms. The number of aliphatic hydroxyl groups excluding tert-OH is 3. The number of hydrogen-bond acceptors (Lipinski definition) is 24. The molecule has 532 valence electrons. The van der Waals surface area contributed by atoms with E-state index in [1.165, 1.54) is 44.3 Å². The number of alkyl carbamates (subject to hydrolysis) is 5. The number of hydrogen-bond donors (Lipinski definition) is 11. The lowest BCUT2D eigenvalue weighted by atomic mass is 9.82. The van der Waals surface area contributed by atoms with Crippen LogP contribution in [0.4, 0.5) is 34.5 Å². The normalized spacial score (nSPS) is 24.8. The minimum atomic E-state index is -2.11. The van der Waals surface area contributed by atoms with Crippen LogP contribution in [0.15, 0.2) is 36.1 Å². The zero-order valence-corrected chi connectivity index (χ0v) is 56.7. The molecule has 1 aliphatic carbocycles. The van der Waals surface area contributed by atoms with Crippen LogP contribution in [0, 0.1) is 10.1 Å². The first-order chi connectivity index (χ1) is 43.2. The van der Waals surface area contributed by atoms with Gasteiger partial charge in [-0.05, 0) is 167 Å². The Labute approximate surface area is 547 Å². The van der Waals surface area contributed by atoms with E-state index < -0.39 is 180 Å². The van der Waals surface area contributed by atoms with Crippen molar-refractivity contribution in [2.75, 3.05) is 33.3 Å². The van der Waals surface area contributed by atoms with E-state index >= 15 is 0 Å². The summed E-state index contributed by atoms with van der Waals surface area (Å²) in [5, 5.41) is 77.5. The number of likely N-dealkylation sites (N-methyl/N-ethyl adjacent to an activating group) is 1. The Morgan fingerprint density at radius 2 is 1.17 bits per heavy atom. The topological polar surface area (TPSA) is 440 Å². The van der Waals surface area contributed by atoms with Crippen molar-refractivity contribution in [3.8, 4) is 0 Å². The van der Waals surface area contributed by atoms with Gasteiger partial charge in [0.1, 0.15) is 82.5 Å². The molecule has 1 saturated heterocycles. The van der Waals surface area contributed by atoms with Crippen LogP contribution in [0.5, 0.6) is 0 Å². The van der Waals surface area contributed by atoms with E-state index in [1.807, 2.05) is 0 Å². The number of carbonyl (C=O) groups is 8. The third-order valence-electron chi connectivity index (χ3n) is 13.6. The van der Waals surface area contributed by atoms with Gasteiger partial charge in [0.2, 0.25) is 18.1 Å². The van der Waals surface area contributed by atoms with Crippen LogP contribution in [0.2, 0.25) is 0 Å². The summed E-state index contributed by atoms with van der Waals surface area (Å²) in [6.45, 7) is 24.0. The highest BCUT2D eigenvalue weighted by Gasteiger charge is 2.55. The van der Waals surface area contributed by atoms with Crippen molar-refractivity contribution in [1.29, 1.82) is 0 Å². The number of benzene rings is 1. The summed E-state index contributed by atoms with van der Waals surface area (Å²) >= 11 is 0. The lowest BCUT2D eigenvalue weighted by molar-refractivity contribution is -0.384. The molecule has 1 unspecified atom stereocenters. The smallest absolute Gasteiger partial charge is 0.410 e. The quantitative estimate of drug-likeness (QED) is 0.0319. The number of nitrogens with one attached hydrogen (secondary N) is 7. The van der Waals surface area contributed by atoms with Gasteiger partial charge < -0.3 is 110 Å². The maximum atomic E-state index is 14.6. The molecule has 11 N–H and O–H groups in total. The lowest BCUT2D eigenvalue weighted by Crippen LogP contribution is -2.71. The zero-order chi connectivity index (χ0) is 71.1. The Hall–Kier alpha value is -7.56. The van der Waals surface area contributed by atoms with Crippen LogP contribution < -0.4 is 37.2 Å². The van der Waals surface area contributed by atoms with Crippen LogP contribution in [0.1, 0.15) is 148 Å². The Bertz CT molecular complexity index is 2790. The summed E-state index contributed by atoms with van der Waals surface area (Å²) in [4.78, 5) is 119. The van der Waals surface area contributed by atoms with E-state index in [0.29, 0.717) is 5.56 Å². The zero-order valence-electron chi connectivity index (χ0n) is 56.7. The molecule has 1 aromatic rings. The highest BCUT2D eigenvalue weighted by Crippen LogP contribution is 2.35. The van der Waals surface area contributed by atoms with Crippen molar-refractivity contribution in [3.63, 3.8) is 0 Å². The molecular weight excluding hydrogens is 1240 g/mol. The second-order valence-electron chi connectivity index (χ2n) is 28.2. The molecule has 2 aliphatic heterocycles. The van der Waals surface area contributed by atoms with Crippen molar-refractivity contribution >= 4 is 54.1 Å². The van der Waals surface area contributed by atoms with Gasteiger partial charge in [-0.1, -0.05) is 0 Å². The predicted octanol–water partition coefficient (Wildman–Crippen LogP) is 4.03. The van der Waals surface area contributed by atoms with E-state index in [4.69, 9.17) is 47.4 Å². The maximum Gasteiger partial charge on any atom is 0.410 e. The first kappa shape index (κ1) is 78.9. The van der Waals surface area contributed by atoms with Gasteiger partial charge in [-0.15, -0.1) is 0 Å². The Morgan fingerprint density at radius 3 is 1.72 bits per heavy atom. The highest BCUT2D eigenvalue weighted by atomic mass is 16.7. The summed E-state index contributed by atoms with van der Waals surface area (Å²) in [5.74, 6) is -1.93. The largest absolute Gasteiger partial charge is 0.465 e. The number of ether oxygens (including phenoxy) is 10. The van der Waals surface area contributed by atoms with E-state index in [2.05, 4.69) is 37.2 Å². The van der Waals surface area contributed by atoms with Gasteiger partial charge in [-0.3, -0.25) is 19.7 Å². The fourth-order valence-corrected chi connectivity index (χ4v) is 9.70. The number of nitrogens with zero attached hydrogens (tertiary/aromatic N) is 2. The second kappa shape index (κ2) is 33.2. The van der Waals surface area contributed by atoms with Crippen molar-refractivity contribution in [3.05, 3.63) is 51.8 Å². The Balaban J connectivity index is 1.82. The minimum absolute atomic E-state index is 0.00766. The molecule has 4 rings (SSSR count). The number of aliphatic hydroxyl groups is 4. The predicted molar refractivity (Wildman–Crippen MR) is 332 cm³/mol. The van der Waals surface area contributed by atoms with Crippen molar-refractivity contribution in [1.82, 2.24) is 42.1 Å². The van der Waals surface area contributed by atoms with E-state index in [0.717, 1.165) is 4.90 Å². The molecule has 33 nitrogen and oxygen atoms in total. The van der Waals surface area contributed by atoms with Gasteiger partial charge in [-0.25, -0.2) is 28.8 Å². The third kappa shape index (κ3) is 27.0. The molecule has 3 aliphatic rings. The number of amides is 8. The molecule has 0 bridgehead atoms. The summed E-state index contributed by atoms with van der Waals surface area (Å²) in [6.07, 6.45) is -18.2. The third-order valence-corrected chi connectivity index (χ3v) is 13.6. The van der Waals surface area contributed by atoms with Crippen LogP contribution in [0.25, 0.3) is 0 Å². The summed E-state index contributed by atoms with van der Waals surface area (Å²) in [6, 6.07) is -1.90. The maximum absolute atomic E-state index is 14.6. The standard InChI is InChI=1S/C61H99N9O24/c1-56(2,3)90-51(77)62-27-18-19-36(67-53(79)92-58(7,8)9)46(74)65-37-25-24-35(30-64-50(76)85-31-33-20-22-34(23-21-33)70(83)84)87-48(37)88-44-39(68-54(80)93-59(10,11)12)29-38(66-47(75)40(71)26-28-63-52(78)91-57(4,5)6)43(41(44)72)89-49-42(73)45(61(16,82)32-86-49)69(17)55(81)94-60(13,14)15/h20-24,36-45,48-49,71-73,82H,18-19,25-32H2,1-17H3,(H,62,77)(H,63,78)(H,64,76)(H,65,74)(H,66,75)(H,67,79)(H,68,80)/t36?,37-,38-,39+,40+,41-,42-,43+,44-,45-,48-,49-,61+/m1/s1. The van der Waals surface area contributed by atoms with Crippen LogP contribution >= 0.6 is 0 Å². The van der Waals surface area contributed by atoms with Crippen molar-refractivity contribution in [2.45, 2.75) is 256 Å². The van der Waals surface area contributed by atoms with Crippen molar-refractivity contribution in [2.24, 2.45) is 0 Å². The molecule has 33 heteroatoms. The number of nitro benzene ring substituents is 1. The first-order valence-corrected chi connectivity index (χ1v) is 30.9. The van der Waals surface area contributed by atoms with Gasteiger partial charge in [0, 0.05) is 32.3 Å². The summed E-state index contributed by atoms with van der Waals surface area (Å²) in [7, 11) is 1.26. The minimum Gasteiger partial charge on any atom is -0.465 e. The second-order valence-corrected chi connectivity index (χ2v) is 28.2. The van der Waals surface area contributed by atoms with Crippen LogP contribution in [-0.2, 0) is 63.6 Å². The molecule has 13 atom stereocenters. The van der Waals surface area contributed by atoms with Gasteiger partial charge in [0.15, 0.2) is 6.29 Å². The molecule has 0 radical (unpaired) electrons. The monoisotopic (exact) mass is 1340 g/mol.